The maximum Gasteiger partial charge on any atom is 0.339 e. The summed E-state index contributed by atoms with van der Waals surface area (Å²) in [6.07, 6.45) is 4.62. The van der Waals surface area contributed by atoms with Gasteiger partial charge in [-0.05, 0) is 31.4 Å². The predicted octanol–water partition coefficient (Wildman–Crippen LogP) is 1.39. The van der Waals surface area contributed by atoms with Crippen LogP contribution in [0.4, 0.5) is 5.82 Å². The third-order valence-corrected chi connectivity index (χ3v) is 2.70. The Labute approximate surface area is 99.9 Å². The Morgan fingerprint density at radius 2 is 2.41 bits per heavy atom. The molecule has 0 saturated carbocycles. The molecule has 0 aliphatic carbocycles. The number of anilines is 1. The Bertz CT molecular complexity index is 372. The van der Waals surface area contributed by atoms with Crippen LogP contribution in [0.3, 0.4) is 0 Å². The molecule has 92 valence electrons. The number of nitrogens with two attached hydrogens (primary N) is 1. The van der Waals surface area contributed by atoms with E-state index in [2.05, 4.69) is 4.98 Å². The van der Waals surface area contributed by atoms with Gasteiger partial charge in [-0.1, -0.05) is 0 Å². The Morgan fingerprint density at radius 1 is 1.53 bits per heavy atom. The summed E-state index contributed by atoms with van der Waals surface area (Å²) in [6.45, 7) is 1.06. The van der Waals surface area contributed by atoms with Gasteiger partial charge in [0, 0.05) is 12.8 Å². The Morgan fingerprint density at radius 3 is 3.06 bits per heavy atom. The molecule has 0 radical (unpaired) electrons. The number of hydrogen-bond donors (Lipinski definition) is 1. The van der Waals surface area contributed by atoms with Crippen LogP contribution in [-0.2, 0) is 9.47 Å². The van der Waals surface area contributed by atoms with Gasteiger partial charge in [-0.3, -0.25) is 0 Å². The largest absolute Gasteiger partial charge is 0.459 e. The number of nitrogen functional groups attached to an aromatic ring is 1. The average molecular weight is 236 g/mol. The van der Waals surface area contributed by atoms with E-state index in [1.54, 1.807) is 12.1 Å². The molecular formula is C12H16N2O3. The lowest BCUT2D eigenvalue weighted by Crippen LogP contribution is -2.26. The summed E-state index contributed by atoms with van der Waals surface area (Å²) in [7, 11) is 0. The first-order chi connectivity index (χ1) is 8.25. The van der Waals surface area contributed by atoms with Crippen molar-refractivity contribution >= 4 is 11.8 Å². The van der Waals surface area contributed by atoms with Crippen LogP contribution in [0, 0.1) is 0 Å². The van der Waals surface area contributed by atoms with E-state index in [1.165, 1.54) is 6.20 Å². The van der Waals surface area contributed by atoms with Crippen molar-refractivity contribution in [2.24, 2.45) is 0 Å². The van der Waals surface area contributed by atoms with E-state index in [0.717, 1.165) is 25.9 Å². The highest BCUT2D eigenvalue weighted by Crippen LogP contribution is 2.13. The summed E-state index contributed by atoms with van der Waals surface area (Å²) in [5.74, 6) is 0.00355. The highest BCUT2D eigenvalue weighted by atomic mass is 16.6. The molecule has 0 bridgehead atoms. The lowest BCUT2D eigenvalue weighted by atomic mass is 10.1. The number of carbonyl (C=O) groups is 1. The molecule has 2 rings (SSSR count). The van der Waals surface area contributed by atoms with Crippen molar-refractivity contribution in [2.75, 3.05) is 18.9 Å². The molecule has 1 aliphatic rings. The topological polar surface area (TPSA) is 74.4 Å². The van der Waals surface area contributed by atoms with Crippen molar-refractivity contribution < 1.29 is 14.3 Å². The Balaban J connectivity index is 1.82. The maximum absolute atomic E-state index is 11.6. The van der Waals surface area contributed by atoms with Crippen LogP contribution in [0.2, 0.25) is 0 Å². The molecule has 2 heterocycles. The van der Waals surface area contributed by atoms with Gasteiger partial charge in [0.25, 0.3) is 0 Å². The van der Waals surface area contributed by atoms with E-state index in [4.69, 9.17) is 15.2 Å². The van der Waals surface area contributed by atoms with E-state index in [-0.39, 0.29) is 12.1 Å². The first-order valence-corrected chi connectivity index (χ1v) is 5.76. The lowest BCUT2D eigenvalue weighted by molar-refractivity contribution is -0.0300. The minimum atomic E-state index is -0.383. The van der Waals surface area contributed by atoms with E-state index in [0.29, 0.717) is 18.0 Å². The molecule has 5 nitrogen and oxygen atoms in total. The third kappa shape index (κ3) is 3.42. The molecule has 1 aliphatic heterocycles. The summed E-state index contributed by atoms with van der Waals surface area (Å²) in [5.41, 5.74) is 5.85. The van der Waals surface area contributed by atoms with Gasteiger partial charge >= 0.3 is 5.97 Å². The van der Waals surface area contributed by atoms with Crippen molar-refractivity contribution in [3.05, 3.63) is 23.9 Å². The molecule has 1 aromatic rings. The summed E-state index contributed by atoms with van der Waals surface area (Å²) in [6, 6.07) is 3.18. The van der Waals surface area contributed by atoms with Gasteiger partial charge in [0.1, 0.15) is 12.4 Å². The van der Waals surface area contributed by atoms with Crippen LogP contribution >= 0.6 is 0 Å². The van der Waals surface area contributed by atoms with Crippen molar-refractivity contribution in [3.8, 4) is 0 Å². The number of esters is 1. The molecule has 1 aromatic heterocycles. The number of pyridine rings is 1. The number of ether oxygens (including phenoxy) is 2. The van der Waals surface area contributed by atoms with E-state index >= 15 is 0 Å². The summed E-state index contributed by atoms with van der Waals surface area (Å²) in [5, 5.41) is 0. The van der Waals surface area contributed by atoms with Crippen LogP contribution in [0.15, 0.2) is 18.3 Å². The monoisotopic (exact) mass is 236 g/mol. The van der Waals surface area contributed by atoms with Crippen LogP contribution in [0.25, 0.3) is 0 Å². The normalized spacial score (nSPS) is 19.9. The fraction of sp³-hybridized carbons (Fsp3) is 0.500. The van der Waals surface area contributed by atoms with E-state index < -0.39 is 0 Å². The molecule has 0 amide bonds. The minimum Gasteiger partial charge on any atom is -0.459 e. The molecule has 1 atom stereocenters. The molecule has 1 fully saturated rings. The van der Waals surface area contributed by atoms with Crippen LogP contribution in [0.1, 0.15) is 29.6 Å². The second kappa shape index (κ2) is 5.63. The van der Waals surface area contributed by atoms with Crippen LogP contribution < -0.4 is 5.73 Å². The van der Waals surface area contributed by atoms with E-state index in [9.17, 15) is 4.79 Å². The third-order valence-electron chi connectivity index (χ3n) is 2.70. The quantitative estimate of drug-likeness (QED) is 0.803. The SMILES string of the molecule is Nc1ccc(C(=O)OCC2CCCCO2)cn1. The second-order valence-corrected chi connectivity index (χ2v) is 4.06. The van der Waals surface area contributed by atoms with Crippen molar-refractivity contribution in [3.63, 3.8) is 0 Å². The molecule has 17 heavy (non-hydrogen) atoms. The first kappa shape index (κ1) is 11.9. The van der Waals surface area contributed by atoms with Gasteiger partial charge in [-0.2, -0.15) is 0 Å². The molecule has 1 saturated heterocycles. The molecular weight excluding hydrogens is 220 g/mol. The summed E-state index contributed by atoms with van der Waals surface area (Å²) in [4.78, 5) is 15.5. The average Bonchev–Trinajstić information content (AvgIpc) is 2.38. The molecule has 0 spiro atoms. The Kier molecular flexibility index (Phi) is 3.93. The van der Waals surface area contributed by atoms with E-state index in [1.807, 2.05) is 0 Å². The standard InChI is InChI=1S/C12H16N2O3/c13-11-5-4-9(7-14-11)12(15)17-8-10-3-1-2-6-16-10/h4-5,7,10H,1-3,6,8H2,(H2,13,14). The lowest BCUT2D eigenvalue weighted by Gasteiger charge is -2.21. The molecule has 5 heteroatoms. The van der Waals surface area contributed by atoms with Gasteiger partial charge in [0.05, 0.1) is 11.7 Å². The van der Waals surface area contributed by atoms with Gasteiger partial charge in [0.15, 0.2) is 0 Å². The summed E-state index contributed by atoms with van der Waals surface area (Å²) < 4.78 is 10.6. The van der Waals surface area contributed by atoms with Gasteiger partial charge in [-0.25, -0.2) is 9.78 Å². The first-order valence-electron chi connectivity index (χ1n) is 5.76. The van der Waals surface area contributed by atoms with Crippen molar-refractivity contribution in [1.82, 2.24) is 4.98 Å². The van der Waals surface area contributed by atoms with Crippen molar-refractivity contribution in [2.45, 2.75) is 25.4 Å². The number of nitrogens with zero attached hydrogens (tertiary/aromatic N) is 1. The fourth-order valence-corrected chi connectivity index (χ4v) is 1.72. The zero-order valence-electron chi connectivity index (χ0n) is 9.59. The highest BCUT2D eigenvalue weighted by molar-refractivity contribution is 5.89. The Hall–Kier alpha value is -1.62. The van der Waals surface area contributed by atoms with Gasteiger partial charge < -0.3 is 15.2 Å². The minimum absolute atomic E-state index is 0.0365. The predicted molar refractivity (Wildman–Crippen MR) is 62.5 cm³/mol. The smallest absolute Gasteiger partial charge is 0.339 e. The van der Waals surface area contributed by atoms with Gasteiger partial charge in [-0.15, -0.1) is 0 Å². The zero-order valence-corrected chi connectivity index (χ0v) is 9.59. The maximum atomic E-state index is 11.6. The zero-order chi connectivity index (χ0) is 12.1. The molecule has 1 unspecified atom stereocenters. The van der Waals surface area contributed by atoms with Gasteiger partial charge in [0.2, 0.25) is 0 Å². The number of carbonyl (C=O) groups excluding carboxylic acids is 1. The van der Waals surface area contributed by atoms with Crippen LogP contribution in [0.5, 0.6) is 0 Å². The molecule has 2 N–H and O–H groups in total. The highest BCUT2D eigenvalue weighted by Gasteiger charge is 2.16. The number of hydrogen-bond acceptors (Lipinski definition) is 5. The van der Waals surface area contributed by atoms with Crippen LogP contribution in [-0.4, -0.2) is 30.3 Å². The number of aromatic nitrogens is 1. The number of rotatable bonds is 3. The van der Waals surface area contributed by atoms with Crippen molar-refractivity contribution in [1.29, 1.82) is 0 Å². The fourth-order valence-electron chi connectivity index (χ4n) is 1.72. The summed E-state index contributed by atoms with van der Waals surface area (Å²) >= 11 is 0. The second-order valence-electron chi connectivity index (χ2n) is 4.06. The molecule has 0 aromatic carbocycles.